The van der Waals surface area contributed by atoms with E-state index in [2.05, 4.69) is 27.3 Å². The number of fused-ring (bicyclic) bond motifs is 1. The summed E-state index contributed by atoms with van der Waals surface area (Å²) in [7, 11) is 0. The Morgan fingerprint density at radius 3 is 2.05 bits per heavy atom. The van der Waals surface area contributed by atoms with Crippen LogP contribution in [-0.2, 0) is 22.7 Å². The maximum atomic E-state index is 13.4. The van der Waals surface area contributed by atoms with Gasteiger partial charge in [0.15, 0.2) is 0 Å². The van der Waals surface area contributed by atoms with E-state index in [4.69, 9.17) is 30.3 Å². The van der Waals surface area contributed by atoms with Gasteiger partial charge in [-0.05, 0) is 42.9 Å². The molecule has 0 radical (unpaired) electrons. The molecule has 0 spiro atoms. The largest absolute Gasteiger partial charge is 0.445 e. The Bertz CT molecular complexity index is 1620. The summed E-state index contributed by atoms with van der Waals surface area (Å²) in [5.74, 6) is -0.377. The Balaban J connectivity index is 0.000000400. The van der Waals surface area contributed by atoms with Crippen molar-refractivity contribution in [3.05, 3.63) is 71.9 Å². The Morgan fingerprint density at radius 2 is 1.45 bits per heavy atom. The summed E-state index contributed by atoms with van der Waals surface area (Å²) in [5.41, 5.74) is 2.43. The number of benzene rings is 2. The normalized spacial score (nSPS) is 15.2. The summed E-state index contributed by atoms with van der Waals surface area (Å²) in [6, 6.07) is 20.5. The van der Waals surface area contributed by atoms with E-state index in [0.717, 1.165) is 35.7 Å². The van der Waals surface area contributed by atoms with Gasteiger partial charge in [-0.2, -0.15) is 5.26 Å². The average Bonchev–Trinajstić information content (AvgIpc) is 3.61. The molecule has 9 N–H and O–H groups in total. The highest BCUT2D eigenvalue weighted by Crippen LogP contribution is 2.26. The number of aliphatic hydroxyl groups is 5. The quantitative estimate of drug-likeness (QED) is 0.0700. The Morgan fingerprint density at radius 1 is 0.845 bits per heavy atom. The summed E-state index contributed by atoms with van der Waals surface area (Å²) >= 11 is 0. The van der Waals surface area contributed by atoms with Gasteiger partial charge in [0, 0.05) is 62.8 Å². The number of nitriles is 1. The molecule has 0 unspecified atom stereocenters. The number of rotatable bonds is 21. The molecule has 16 nitrogen and oxygen atoms in total. The van der Waals surface area contributed by atoms with E-state index in [0.29, 0.717) is 57.2 Å². The van der Waals surface area contributed by atoms with E-state index >= 15 is 0 Å². The lowest BCUT2D eigenvalue weighted by atomic mass is 9.83. The number of ether oxygens (including phenoxy) is 1. The molecule has 1 aromatic heterocycles. The molecule has 1 aliphatic rings. The molecule has 4 rings (SSSR count). The number of nitrogens with one attached hydrogen (secondary N) is 4. The van der Waals surface area contributed by atoms with Crippen LogP contribution in [0.25, 0.3) is 10.9 Å². The third kappa shape index (κ3) is 18.3. The summed E-state index contributed by atoms with van der Waals surface area (Å²) in [5, 5.41) is 65.2. The van der Waals surface area contributed by atoms with E-state index in [1.165, 1.54) is 4.90 Å². The topological polar surface area (TPSA) is 242 Å². The number of hydrogen-bond acceptors (Lipinski definition) is 12. The molecule has 1 fully saturated rings. The van der Waals surface area contributed by atoms with E-state index in [-0.39, 0.29) is 76.5 Å². The van der Waals surface area contributed by atoms with E-state index < -0.39 is 12.1 Å². The first-order chi connectivity index (χ1) is 28.1. The van der Waals surface area contributed by atoms with Crippen molar-refractivity contribution in [1.29, 1.82) is 5.26 Å². The fourth-order valence-corrected chi connectivity index (χ4v) is 6.42. The zero-order valence-electron chi connectivity index (χ0n) is 34.0. The van der Waals surface area contributed by atoms with Gasteiger partial charge in [-0.3, -0.25) is 9.59 Å². The summed E-state index contributed by atoms with van der Waals surface area (Å²) in [4.78, 5) is 39.3. The first-order valence-electron chi connectivity index (χ1n) is 20.1. The molecule has 1 aliphatic carbocycles. The number of para-hydroxylation sites is 1. The van der Waals surface area contributed by atoms with Crippen molar-refractivity contribution in [3.8, 4) is 6.07 Å². The minimum absolute atomic E-state index is 0.0642. The zero-order valence-corrected chi connectivity index (χ0v) is 34.0. The highest BCUT2D eigenvalue weighted by Gasteiger charge is 2.34. The van der Waals surface area contributed by atoms with Crippen LogP contribution in [-0.4, -0.2) is 137 Å². The van der Waals surface area contributed by atoms with Gasteiger partial charge in [0.05, 0.1) is 45.0 Å². The van der Waals surface area contributed by atoms with E-state index in [1.807, 2.05) is 79.1 Å². The van der Waals surface area contributed by atoms with Gasteiger partial charge < -0.3 is 61.0 Å². The molecule has 1 saturated carbocycles. The molecule has 0 bridgehead atoms. The molecule has 3 atom stereocenters. The molecule has 1 heterocycles. The minimum Gasteiger partial charge on any atom is -0.445 e. The second kappa shape index (κ2) is 29.6. The second-order valence-corrected chi connectivity index (χ2v) is 14.2. The first kappa shape index (κ1) is 49.5. The maximum Gasteiger partial charge on any atom is 0.410 e. The number of hydrogen-bond donors (Lipinski definition) is 9. The van der Waals surface area contributed by atoms with Crippen molar-refractivity contribution < 1.29 is 44.7 Å². The molecule has 322 valence electrons. The van der Waals surface area contributed by atoms with Crippen LogP contribution in [0.3, 0.4) is 0 Å². The standard InChI is InChI=1S/C26H37N5O3.C12H17NO4.C4H11NO2/c1-18(2)15-20(17-27)29-25(33)21-8-4-5-9-22(21)30-26(34)24-16-19-7-3-6-10-23(19)31(24)13-11-28-12-14-32;14-8-6-13(7-9-15)12(16)17-10-11-4-2-1-3-5-11;6-3-1-5-2-4-7/h3,6-7,10,16,18,20-22,28,32H,4-5,8-9,11-15H2,1-2H3,(H,29,33)(H,30,34);1-5,14-15H,6-10H2;5-7H,1-4H2/t20-,21+,22-;;/m0../s1. The van der Waals surface area contributed by atoms with Gasteiger partial charge in [-0.15, -0.1) is 0 Å². The zero-order chi connectivity index (χ0) is 42.5. The van der Waals surface area contributed by atoms with Crippen molar-refractivity contribution in [2.45, 2.75) is 71.2 Å². The van der Waals surface area contributed by atoms with Crippen molar-refractivity contribution in [1.82, 2.24) is 30.7 Å². The van der Waals surface area contributed by atoms with Crippen molar-refractivity contribution >= 4 is 28.8 Å². The lowest BCUT2D eigenvalue weighted by Crippen LogP contribution is -2.50. The minimum atomic E-state index is -0.531. The van der Waals surface area contributed by atoms with Crippen LogP contribution in [0.5, 0.6) is 0 Å². The third-order valence-corrected chi connectivity index (χ3v) is 9.22. The summed E-state index contributed by atoms with van der Waals surface area (Å²) < 4.78 is 7.05. The molecule has 58 heavy (non-hydrogen) atoms. The van der Waals surface area contributed by atoms with Gasteiger partial charge in [-0.1, -0.05) is 75.2 Å². The highest BCUT2D eigenvalue weighted by molar-refractivity contribution is 5.99. The van der Waals surface area contributed by atoms with Crippen molar-refractivity contribution in [3.63, 3.8) is 0 Å². The van der Waals surface area contributed by atoms with Crippen LogP contribution >= 0.6 is 0 Å². The van der Waals surface area contributed by atoms with Crippen LogP contribution in [0.15, 0.2) is 60.7 Å². The number of carbonyl (C=O) groups is 3. The van der Waals surface area contributed by atoms with E-state index in [1.54, 1.807) is 0 Å². The third-order valence-electron chi connectivity index (χ3n) is 9.22. The second-order valence-electron chi connectivity index (χ2n) is 14.2. The predicted molar refractivity (Wildman–Crippen MR) is 222 cm³/mol. The van der Waals surface area contributed by atoms with Gasteiger partial charge in [0.1, 0.15) is 18.3 Å². The molecule has 3 aromatic rings. The average molecular weight is 812 g/mol. The smallest absolute Gasteiger partial charge is 0.410 e. The SMILES string of the molecule is CC(C)C[C@@H](C#N)NC(=O)[C@@H]1CCCC[C@@H]1NC(=O)c1cc2ccccc2n1CCNCCO.O=C(OCc1ccccc1)N(CCO)CCO.OCCNCCO. The molecule has 0 saturated heterocycles. The van der Waals surface area contributed by atoms with Gasteiger partial charge in [0.2, 0.25) is 5.91 Å². The monoisotopic (exact) mass is 811 g/mol. The lowest BCUT2D eigenvalue weighted by molar-refractivity contribution is -0.127. The molecule has 0 aliphatic heterocycles. The van der Waals surface area contributed by atoms with Crippen LogP contribution < -0.4 is 21.3 Å². The fraction of sp³-hybridized carbons (Fsp3) is 0.571. The van der Waals surface area contributed by atoms with Gasteiger partial charge >= 0.3 is 6.09 Å². The van der Waals surface area contributed by atoms with Crippen molar-refractivity contribution in [2.24, 2.45) is 11.8 Å². The van der Waals surface area contributed by atoms with E-state index in [9.17, 15) is 19.6 Å². The number of carbonyl (C=O) groups excluding carboxylic acids is 3. The van der Waals surface area contributed by atoms with Gasteiger partial charge in [0.25, 0.3) is 5.91 Å². The number of aliphatic hydroxyl groups excluding tert-OH is 5. The maximum absolute atomic E-state index is 13.4. The predicted octanol–water partition coefficient (Wildman–Crippen LogP) is 1.74. The highest BCUT2D eigenvalue weighted by atomic mass is 16.6. The molecular formula is C42H65N7O9. The summed E-state index contributed by atoms with van der Waals surface area (Å²) in [6.07, 6.45) is 3.40. The lowest BCUT2D eigenvalue weighted by Gasteiger charge is -2.32. The molecular weight excluding hydrogens is 747 g/mol. The van der Waals surface area contributed by atoms with Crippen LogP contribution in [0, 0.1) is 23.2 Å². The number of amides is 3. The number of nitrogens with zero attached hydrogens (tertiary/aromatic N) is 3. The van der Waals surface area contributed by atoms with Crippen molar-refractivity contribution in [2.75, 3.05) is 72.3 Å². The Hall–Kier alpha value is -4.60. The van der Waals surface area contributed by atoms with Crippen LogP contribution in [0.2, 0.25) is 0 Å². The Labute approximate surface area is 342 Å². The van der Waals surface area contributed by atoms with Crippen LogP contribution in [0.1, 0.15) is 62.0 Å². The summed E-state index contributed by atoms with van der Waals surface area (Å²) in [6.45, 7) is 7.45. The molecule has 2 aromatic carbocycles. The van der Waals surface area contributed by atoms with Crippen LogP contribution in [0.4, 0.5) is 4.79 Å². The fourth-order valence-electron chi connectivity index (χ4n) is 6.42. The first-order valence-corrected chi connectivity index (χ1v) is 20.1. The number of aromatic nitrogens is 1. The molecule has 3 amide bonds. The Kier molecular flexibility index (Phi) is 25.3. The molecule has 16 heteroatoms. The van der Waals surface area contributed by atoms with Gasteiger partial charge in [-0.25, -0.2) is 4.79 Å².